The average Bonchev–Trinajstić information content (AvgIpc) is 2.45. The van der Waals surface area contributed by atoms with E-state index < -0.39 is 0 Å². The molecule has 2 aromatic rings. The molecule has 112 valence electrons. The van der Waals surface area contributed by atoms with Crippen LogP contribution in [0.1, 0.15) is 24.1 Å². The van der Waals surface area contributed by atoms with Crippen LogP contribution in [0.3, 0.4) is 0 Å². The predicted molar refractivity (Wildman–Crippen MR) is 88.3 cm³/mol. The molecule has 0 aliphatic rings. The molecule has 5 heteroatoms. The van der Waals surface area contributed by atoms with Gasteiger partial charge in [-0.2, -0.15) is 0 Å². The van der Waals surface area contributed by atoms with Gasteiger partial charge < -0.3 is 5.32 Å². The molecule has 0 heterocycles. The second-order valence-corrected chi connectivity index (χ2v) is 6.50. The zero-order chi connectivity index (χ0) is 15.4. The van der Waals surface area contributed by atoms with Crippen molar-refractivity contribution in [3.8, 4) is 0 Å². The Morgan fingerprint density at radius 3 is 2.43 bits per heavy atom. The minimum absolute atomic E-state index is 0.162. The lowest BCUT2D eigenvalue weighted by atomic mass is 9.98. The lowest BCUT2D eigenvalue weighted by Crippen LogP contribution is -2.24. The maximum absolute atomic E-state index is 14.1. The van der Waals surface area contributed by atoms with E-state index in [-0.39, 0.29) is 17.7 Å². The molecule has 1 unspecified atom stereocenters. The van der Waals surface area contributed by atoms with Crippen LogP contribution >= 0.6 is 31.9 Å². The number of nitrogens with one attached hydrogen (secondary N) is 1. The molecule has 0 saturated heterocycles. The van der Waals surface area contributed by atoms with E-state index in [1.807, 2.05) is 6.92 Å². The number of hydrogen-bond donors (Lipinski definition) is 1. The summed E-state index contributed by atoms with van der Waals surface area (Å²) in [6, 6.07) is 9.61. The van der Waals surface area contributed by atoms with Crippen LogP contribution < -0.4 is 5.32 Å². The van der Waals surface area contributed by atoms with Gasteiger partial charge in [-0.05, 0) is 64.8 Å². The standard InChI is InChI=1S/C16H15Br2F2N/c1-2-21-16(12-9-11(17)4-6-14(12)19)8-10-3-5-15(20)13(18)7-10/h3-7,9,16,21H,2,8H2,1H3. The highest BCUT2D eigenvalue weighted by molar-refractivity contribution is 9.10. The van der Waals surface area contributed by atoms with E-state index in [0.717, 1.165) is 16.6 Å². The Balaban J connectivity index is 2.30. The first-order chi connectivity index (χ1) is 10.0. The fourth-order valence-electron chi connectivity index (χ4n) is 2.22. The molecule has 2 aromatic carbocycles. The highest BCUT2D eigenvalue weighted by Crippen LogP contribution is 2.26. The summed E-state index contributed by atoms with van der Waals surface area (Å²) in [5.41, 5.74) is 1.54. The van der Waals surface area contributed by atoms with E-state index in [4.69, 9.17) is 0 Å². The molecule has 0 aromatic heterocycles. The number of benzene rings is 2. The molecule has 1 atom stereocenters. The summed E-state index contributed by atoms with van der Waals surface area (Å²) >= 11 is 6.55. The van der Waals surface area contributed by atoms with Gasteiger partial charge in [0.1, 0.15) is 11.6 Å². The third-order valence-corrected chi connectivity index (χ3v) is 4.31. The quantitative estimate of drug-likeness (QED) is 0.686. The number of rotatable bonds is 5. The molecule has 0 aliphatic carbocycles. The van der Waals surface area contributed by atoms with Gasteiger partial charge in [-0.15, -0.1) is 0 Å². The maximum atomic E-state index is 14.1. The fraction of sp³-hybridized carbons (Fsp3) is 0.250. The molecule has 2 rings (SSSR count). The van der Waals surface area contributed by atoms with Gasteiger partial charge in [0.05, 0.1) is 4.47 Å². The van der Waals surface area contributed by atoms with Gasteiger partial charge in [-0.25, -0.2) is 8.78 Å². The lowest BCUT2D eigenvalue weighted by Gasteiger charge is -2.19. The summed E-state index contributed by atoms with van der Waals surface area (Å²) in [5.74, 6) is -0.544. The van der Waals surface area contributed by atoms with Crippen LogP contribution in [0.25, 0.3) is 0 Å². The van der Waals surface area contributed by atoms with Crippen LogP contribution in [-0.4, -0.2) is 6.54 Å². The number of likely N-dealkylation sites (N-methyl/N-ethyl adjacent to an activating group) is 1. The number of halogens is 4. The van der Waals surface area contributed by atoms with Crippen molar-refractivity contribution < 1.29 is 8.78 Å². The van der Waals surface area contributed by atoms with Gasteiger partial charge >= 0.3 is 0 Å². The van der Waals surface area contributed by atoms with Crippen molar-refractivity contribution in [2.24, 2.45) is 0 Å². The molecule has 0 saturated carbocycles. The van der Waals surface area contributed by atoms with E-state index in [1.54, 1.807) is 24.3 Å². The molecular weight excluding hydrogens is 404 g/mol. The second-order valence-electron chi connectivity index (χ2n) is 4.73. The SMILES string of the molecule is CCNC(Cc1ccc(F)c(Br)c1)c1cc(Br)ccc1F. The minimum atomic E-state index is -0.299. The van der Waals surface area contributed by atoms with Gasteiger partial charge in [-0.1, -0.05) is 28.9 Å². The van der Waals surface area contributed by atoms with Gasteiger partial charge in [-0.3, -0.25) is 0 Å². The van der Waals surface area contributed by atoms with Gasteiger partial charge in [0, 0.05) is 16.1 Å². The Kier molecular flexibility index (Phi) is 5.90. The zero-order valence-corrected chi connectivity index (χ0v) is 14.6. The molecule has 0 radical (unpaired) electrons. The zero-order valence-electron chi connectivity index (χ0n) is 11.5. The Morgan fingerprint density at radius 1 is 1.05 bits per heavy atom. The van der Waals surface area contributed by atoms with Crippen molar-refractivity contribution >= 4 is 31.9 Å². The van der Waals surface area contributed by atoms with E-state index in [0.29, 0.717) is 16.5 Å². The summed E-state index contributed by atoms with van der Waals surface area (Å²) in [6.45, 7) is 2.70. The highest BCUT2D eigenvalue weighted by Gasteiger charge is 2.16. The predicted octanol–water partition coefficient (Wildman–Crippen LogP) is 5.38. The van der Waals surface area contributed by atoms with Crippen LogP contribution in [0.4, 0.5) is 8.78 Å². The minimum Gasteiger partial charge on any atom is -0.310 e. The molecular formula is C16H15Br2F2N. The Bertz CT molecular complexity index is 632. The Hall–Kier alpha value is -0.780. The fourth-order valence-corrected chi connectivity index (χ4v) is 3.03. The van der Waals surface area contributed by atoms with Crippen molar-refractivity contribution in [1.82, 2.24) is 5.32 Å². The third-order valence-electron chi connectivity index (χ3n) is 3.21. The first-order valence-corrected chi connectivity index (χ1v) is 8.22. The maximum Gasteiger partial charge on any atom is 0.137 e. The van der Waals surface area contributed by atoms with Crippen LogP contribution in [-0.2, 0) is 6.42 Å². The first-order valence-electron chi connectivity index (χ1n) is 6.63. The van der Waals surface area contributed by atoms with E-state index in [2.05, 4.69) is 37.2 Å². The normalized spacial score (nSPS) is 12.4. The van der Waals surface area contributed by atoms with Gasteiger partial charge in [0.15, 0.2) is 0 Å². The molecule has 0 bridgehead atoms. The highest BCUT2D eigenvalue weighted by atomic mass is 79.9. The monoisotopic (exact) mass is 417 g/mol. The van der Waals surface area contributed by atoms with Gasteiger partial charge in [0.25, 0.3) is 0 Å². The summed E-state index contributed by atoms with van der Waals surface area (Å²) in [7, 11) is 0. The van der Waals surface area contributed by atoms with E-state index >= 15 is 0 Å². The van der Waals surface area contributed by atoms with E-state index in [1.165, 1.54) is 12.1 Å². The van der Waals surface area contributed by atoms with Crippen LogP contribution in [0.15, 0.2) is 45.3 Å². The molecule has 0 fully saturated rings. The van der Waals surface area contributed by atoms with Gasteiger partial charge in [0.2, 0.25) is 0 Å². The van der Waals surface area contributed by atoms with Crippen LogP contribution in [0, 0.1) is 11.6 Å². The summed E-state index contributed by atoms with van der Waals surface area (Å²) in [4.78, 5) is 0. The van der Waals surface area contributed by atoms with Crippen molar-refractivity contribution in [3.05, 3.63) is 68.1 Å². The first kappa shape index (κ1) is 16.6. The van der Waals surface area contributed by atoms with Crippen molar-refractivity contribution in [1.29, 1.82) is 0 Å². The molecule has 1 N–H and O–H groups in total. The van der Waals surface area contributed by atoms with Crippen LogP contribution in [0.2, 0.25) is 0 Å². The van der Waals surface area contributed by atoms with E-state index in [9.17, 15) is 8.78 Å². The topological polar surface area (TPSA) is 12.0 Å². The second kappa shape index (κ2) is 7.47. The molecule has 1 nitrogen and oxygen atoms in total. The molecule has 0 amide bonds. The summed E-state index contributed by atoms with van der Waals surface area (Å²) in [6.07, 6.45) is 0.583. The average molecular weight is 419 g/mol. The van der Waals surface area contributed by atoms with Crippen molar-refractivity contribution in [2.45, 2.75) is 19.4 Å². The smallest absolute Gasteiger partial charge is 0.137 e. The molecule has 0 aliphatic heterocycles. The third kappa shape index (κ3) is 4.34. The molecule has 0 spiro atoms. The largest absolute Gasteiger partial charge is 0.310 e. The summed E-state index contributed by atoms with van der Waals surface area (Å²) < 4.78 is 28.6. The Labute approximate surface area is 140 Å². The Morgan fingerprint density at radius 2 is 1.76 bits per heavy atom. The summed E-state index contributed by atoms with van der Waals surface area (Å²) in [5, 5.41) is 3.28. The van der Waals surface area contributed by atoms with Crippen LogP contribution in [0.5, 0.6) is 0 Å². The number of hydrogen-bond acceptors (Lipinski definition) is 1. The van der Waals surface area contributed by atoms with Crippen molar-refractivity contribution in [3.63, 3.8) is 0 Å². The van der Waals surface area contributed by atoms with Crippen molar-refractivity contribution in [2.75, 3.05) is 6.54 Å². The molecule has 21 heavy (non-hydrogen) atoms. The lowest BCUT2D eigenvalue weighted by molar-refractivity contribution is 0.509.